The van der Waals surface area contributed by atoms with Crippen LogP contribution in [0.2, 0.25) is 0 Å². The summed E-state index contributed by atoms with van der Waals surface area (Å²) >= 11 is 0. The number of amides is 3. The molecule has 1 saturated heterocycles. The Morgan fingerprint density at radius 2 is 2.32 bits per heavy atom. The maximum absolute atomic E-state index is 11.2. The van der Waals surface area contributed by atoms with Crippen LogP contribution >= 0.6 is 0 Å². The summed E-state index contributed by atoms with van der Waals surface area (Å²) in [7, 11) is 0. The van der Waals surface area contributed by atoms with E-state index in [-0.39, 0.29) is 17.9 Å². The van der Waals surface area contributed by atoms with E-state index in [9.17, 15) is 19.7 Å². The number of nitrogens with one attached hydrogen (secondary N) is 1. The molecule has 1 aromatic rings. The first-order valence-corrected chi connectivity index (χ1v) is 5.07. The standard InChI is InChI=1S/C10H8N4O5/c1-6(7-2-3-9(19-7)14(17)18)4-12-13-8(15)5-11-10(13)16/h2-4H,1,5H2,(H,11,16). The lowest BCUT2D eigenvalue weighted by molar-refractivity contribution is -0.402. The van der Waals surface area contributed by atoms with Gasteiger partial charge in [-0.3, -0.25) is 14.9 Å². The van der Waals surface area contributed by atoms with Gasteiger partial charge >= 0.3 is 11.9 Å². The van der Waals surface area contributed by atoms with Crippen LogP contribution in [0.1, 0.15) is 5.76 Å². The Bertz CT molecular complexity index is 587. The van der Waals surface area contributed by atoms with E-state index in [4.69, 9.17) is 4.42 Å². The predicted octanol–water partition coefficient (Wildman–Crippen LogP) is 0.739. The van der Waals surface area contributed by atoms with Crippen molar-refractivity contribution in [2.45, 2.75) is 0 Å². The molecule has 0 spiro atoms. The van der Waals surface area contributed by atoms with Crippen molar-refractivity contribution in [3.63, 3.8) is 0 Å². The second-order valence-electron chi connectivity index (χ2n) is 3.53. The predicted molar refractivity (Wildman–Crippen MR) is 63.1 cm³/mol. The quantitative estimate of drug-likeness (QED) is 0.372. The fourth-order valence-electron chi connectivity index (χ4n) is 1.32. The van der Waals surface area contributed by atoms with Crippen LogP contribution in [0.3, 0.4) is 0 Å². The lowest BCUT2D eigenvalue weighted by Gasteiger charge is -2.03. The molecule has 1 aliphatic heterocycles. The van der Waals surface area contributed by atoms with E-state index in [1.807, 2.05) is 0 Å². The molecule has 0 saturated carbocycles. The molecule has 3 amide bonds. The van der Waals surface area contributed by atoms with Gasteiger partial charge in [-0.25, -0.2) is 4.79 Å². The third kappa shape index (κ3) is 2.49. The number of rotatable bonds is 4. The molecule has 0 radical (unpaired) electrons. The van der Waals surface area contributed by atoms with Crippen molar-refractivity contribution >= 4 is 29.6 Å². The molecule has 98 valence electrons. The molecule has 9 nitrogen and oxygen atoms in total. The topological polar surface area (TPSA) is 118 Å². The van der Waals surface area contributed by atoms with Crippen molar-refractivity contribution in [2.24, 2.45) is 5.10 Å². The van der Waals surface area contributed by atoms with Crippen LogP contribution in [0.25, 0.3) is 5.57 Å². The number of nitrogens with zero attached hydrogens (tertiary/aromatic N) is 3. The fraction of sp³-hybridized carbons (Fsp3) is 0.100. The SMILES string of the molecule is C=C(C=NN1C(=O)CNC1=O)c1ccc([N+](=O)[O-])o1. The lowest BCUT2D eigenvalue weighted by Crippen LogP contribution is -2.25. The first-order valence-electron chi connectivity index (χ1n) is 5.07. The van der Waals surface area contributed by atoms with E-state index in [1.165, 1.54) is 12.1 Å². The van der Waals surface area contributed by atoms with Crippen LogP contribution in [-0.2, 0) is 4.79 Å². The normalized spacial score (nSPS) is 15.1. The van der Waals surface area contributed by atoms with E-state index < -0.39 is 22.7 Å². The van der Waals surface area contributed by atoms with Gasteiger partial charge in [0.2, 0.25) is 0 Å². The number of urea groups is 1. The highest BCUT2D eigenvalue weighted by Crippen LogP contribution is 2.20. The molecule has 1 N–H and O–H groups in total. The van der Waals surface area contributed by atoms with Crippen molar-refractivity contribution in [3.05, 3.63) is 34.6 Å². The molecule has 1 aliphatic rings. The van der Waals surface area contributed by atoms with Crippen molar-refractivity contribution in [2.75, 3.05) is 6.54 Å². The van der Waals surface area contributed by atoms with Crippen molar-refractivity contribution in [3.8, 4) is 0 Å². The molecular weight excluding hydrogens is 256 g/mol. The van der Waals surface area contributed by atoms with Gasteiger partial charge in [0.15, 0.2) is 0 Å². The summed E-state index contributed by atoms with van der Waals surface area (Å²) < 4.78 is 4.88. The average molecular weight is 264 g/mol. The summed E-state index contributed by atoms with van der Waals surface area (Å²) in [4.78, 5) is 32.1. The van der Waals surface area contributed by atoms with Gasteiger partial charge in [-0.15, -0.1) is 5.01 Å². The Balaban J connectivity index is 2.10. The third-order valence-electron chi connectivity index (χ3n) is 2.24. The van der Waals surface area contributed by atoms with E-state index in [0.717, 1.165) is 6.21 Å². The highest BCUT2D eigenvalue weighted by Gasteiger charge is 2.28. The molecule has 0 aliphatic carbocycles. The van der Waals surface area contributed by atoms with Crippen molar-refractivity contribution in [1.82, 2.24) is 10.3 Å². The zero-order chi connectivity index (χ0) is 14.0. The minimum Gasteiger partial charge on any atom is -0.401 e. The Labute approximate surface area is 106 Å². The van der Waals surface area contributed by atoms with Crippen molar-refractivity contribution in [1.29, 1.82) is 0 Å². The zero-order valence-corrected chi connectivity index (χ0v) is 9.53. The Hall–Kier alpha value is -2.97. The number of carbonyl (C=O) groups excluding carboxylic acids is 2. The Kier molecular flexibility index (Phi) is 3.10. The van der Waals surface area contributed by atoms with Crippen molar-refractivity contribution < 1.29 is 18.9 Å². The van der Waals surface area contributed by atoms with Crippen LogP contribution in [0.4, 0.5) is 10.7 Å². The lowest BCUT2D eigenvalue weighted by atomic mass is 10.2. The first-order chi connectivity index (χ1) is 8.99. The Morgan fingerprint density at radius 3 is 2.84 bits per heavy atom. The van der Waals surface area contributed by atoms with Crippen LogP contribution in [0, 0.1) is 10.1 Å². The number of hydrogen-bond acceptors (Lipinski definition) is 6. The minimum absolute atomic E-state index is 0.116. The van der Waals surface area contributed by atoms with Crippen LogP contribution in [0.5, 0.6) is 0 Å². The molecule has 0 bridgehead atoms. The molecule has 0 atom stereocenters. The molecule has 0 aromatic carbocycles. The second-order valence-corrected chi connectivity index (χ2v) is 3.53. The summed E-state index contributed by atoms with van der Waals surface area (Å²) in [6, 6.07) is 1.87. The maximum atomic E-state index is 11.2. The monoisotopic (exact) mass is 264 g/mol. The number of nitro groups is 1. The van der Waals surface area contributed by atoms with E-state index in [0.29, 0.717) is 5.01 Å². The van der Waals surface area contributed by atoms with Gasteiger partial charge in [0.1, 0.15) is 17.2 Å². The van der Waals surface area contributed by atoms with Gasteiger partial charge in [-0.05, 0) is 6.07 Å². The molecule has 1 aromatic heterocycles. The molecular formula is C10H8N4O5. The average Bonchev–Trinajstić information content (AvgIpc) is 2.95. The largest absolute Gasteiger partial charge is 0.433 e. The molecule has 2 heterocycles. The van der Waals surface area contributed by atoms with Crippen LogP contribution < -0.4 is 5.32 Å². The van der Waals surface area contributed by atoms with Gasteiger partial charge < -0.3 is 9.73 Å². The summed E-state index contributed by atoms with van der Waals surface area (Å²) in [5, 5.41) is 17.0. The summed E-state index contributed by atoms with van der Waals surface area (Å²) in [5.74, 6) is -0.804. The number of carbonyl (C=O) groups is 2. The molecule has 0 unspecified atom stereocenters. The van der Waals surface area contributed by atoms with Crippen LogP contribution in [0.15, 0.2) is 28.2 Å². The number of furan rings is 1. The maximum Gasteiger partial charge on any atom is 0.433 e. The highest BCUT2D eigenvalue weighted by atomic mass is 16.6. The molecule has 9 heteroatoms. The number of hydrogen-bond donors (Lipinski definition) is 1. The fourth-order valence-corrected chi connectivity index (χ4v) is 1.32. The third-order valence-corrected chi connectivity index (χ3v) is 2.24. The second kappa shape index (κ2) is 4.72. The van der Waals surface area contributed by atoms with Gasteiger partial charge in [-0.1, -0.05) is 6.58 Å². The van der Waals surface area contributed by atoms with Crippen LogP contribution in [-0.4, -0.2) is 34.6 Å². The molecule has 2 rings (SSSR count). The zero-order valence-electron chi connectivity index (χ0n) is 9.53. The first kappa shape index (κ1) is 12.5. The van der Waals surface area contributed by atoms with E-state index >= 15 is 0 Å². The summed E-state index contributed by atoms with van der Waals surface area (Å²) in [6.07, 6.45) is 1.12. The van der Waals surface area contributed by atoms with Gasteiger partial charge in [-0.2, -0.15) is 5.10 Å². The molecule has 19 heavy (non-hydrogen) atoms. The van der Waals surface area contributed by atoms with Gasteiger partial charge in [0.25, 0.3) is 5.91 Å². The van der Waals surface area contributed by atoms with Gasteiger partial charge in [0, 0.05) is 5.57 Å². The number of imide groups is 1. The summed E-state index contributed by atoms with van der Waals surface area (Å²) in [6.45, 7) is 3.46. The number of allylic oxidation sites excluding steroid dienone is 1. The summed E-state index contributed by atoms with van der Waals surface area (Å²) in [5.41, 5.74) is 0.195. The smallest absolute Gasteiger partial charge is 0.401 e. The van der Waals surface area contributed by atoms with E-state index in [1.54, 1.807) is 0 Å². The van der Waals surface area contributed by atoms with Gasteiger partial charge in [0.05, 0.1) is 12.3 Å². The number of hydrazone groups is 1. The van der Waals surface area contributed by atoms with E-state index in [2.05, 4.69) is 17.0 Å². The highest BCUT2D eigenvalue weighted by molar-refractivity contribution is 6.09. The Morgan fingerprint density at radius 1 is 1.58 bits per heavy atom. The molecule has 1 fully saturated rings. The minimum atomic E-state index is -0.689.